The fourth-order valence-corrected chi connectivity index (χ4v) is 3.77. The molecule has 0 bridgehead atoms. The molecule has 2 nitrogen and oxygen atoms in total. The Balaban J connectivity index is 1.97. The van der Waals surface area contributed by atoms with Crippen molar-refractivity contribution < 1.29 is 5.11 Å². The number of fused-ring (bicyclic) bond motifs is 1. The van der Waals surface area contributed by atoms with Gasteiger partial charge in [0.05, 0.1) is 5.60 Å². The van der Waals surface area contributed by atoms with Crippen LogP contribution < -0.4 is 0 Å². The van der Waals surface area contributed by atoms with Crippen molar-refractivity contribution in [3.63, 3.8) is 0 Å². The van der Waals surface area contributed by atoms with E-state index in [-0.39, 0.29) is 0 Å². The third-order valence-electron chi connectivity index (χ3n) is 5.21. The molecular formula is C19H25NO. The average Bonchev–Trinajstić information content (AvgIpc) is 2.69. The lowest BCUT2D eigenvalue weighted by Gasteiger charge is -2.28. The van der Waals surface area contributed by atoms with Gasteiger partial charge in [-0.3, -0.25) is 4.98 Å². The highest BCUT2D eigenvalue weighted by atomic mass is 16.3. The summed E-state index contributed by atoms with van der Waals surface area (Å²) < 4.78 is 0. The predicted octanol–water partition coefficient (Wildman–Crippen LogP) is 4.66. The zero-order valence-corrected chi connectivity index (χ0v) is 13.0. The van der Waals surface area contributed by atoms with E-state index in [1.165, 1.54) is 6.42 Å². The van der Waals surface area contributed by atoms with Gasteiger partial charge in [0.15, 0.2) is 0 Å². The van der Waals surface area contributed by atoms with E-state index in [4.69, 9.17) is 0 Å². The van der Waals surface area contributed by atoms with Crippen molar-refractivity contribution in [3.05, 3.63) is 42.2 Å². The van der Waals surface area contributed by atoms with Gasteiger partial charge in [0.25, 0.3) is 0 Å². The normalized spacial score (nSPS) is 27.0. The molecule has 21 heavy (non-hydrogen) atoms. The molecule has 1 N–H and O–H groups in total. The zero-order chi connectivity index (χ0) is 14.9. The van der Waals surface area contributed by atoms with E-state index in [2.05, 4.69) is 31.0 Å². The van der Waals surface area contributed by atoms with Crippen LogP contribution >= 0.6 is 0 Å². The number of pyridine rings is 1. The van der Waals surface area contributed by atoms with Crippen molar-refractivity contribution in [2.45, 2.75) is 51.6 Å². The van der Waals surface area contributed by atoms with Crippen LogP contribution in [0.4, 0.5) is 0 Å². The fourth-order valence-electron chi connectivity index (χ4n) is 3.77. The Kier molecular flexibility index (Phi) is 3.99. The summed E-state index contributed by atoms with van der Waals surface area (Å²) in [6.07, 6.45) is 8.91. The number of benzene rings is 1. The van der Waals surface area contributed by atoms with Crippen molar-refractivity contribution in [1.29, 1.82) is 0 Å². The minimum atomic E-state index is -0.711. The first-order valence-electron chi connectivity index (χ1n) is 8.16. The molecule has 2 aromatic rings. The van der Waals surface area contributed by atoms with Crippen LogP contribution in [0.5, 0.6) is 0 Å². The summed E-state index contributed by atoms with van der Waals surface area (Å²) in [5.41, 5.74) is 0.308. The maximum atomic E-state index is 11.3. The third kappa shape index (κ3) is 2.82. The van der Waals surface area contributed by atoms with Crippen LogP contribution in [-0.4, -0.2) is 10.1 Å². The van der Waals surface area contributed by atoms with E-state index in [1.54, 1.807) is 0 Å². The Labute approximate surface area is 127 Å². The lowest BCUT2D eigenvalue weighted by atomic mass is 9.83. The van der Waals surface area contributed by atoms with Crippen molar-refractivity contribution in [3.8, 4) is 0 Å². The summed E-state index contributed by atoms with van der Waals surface area (Å²) in [6.45, 7) is 4.60. The number of rotatable bonds is 2. The van der Waals surface area contributed by atoms with Crippen LogP contribution in [0, 0.1) is 11.8 Å². The molecule has 1 fully saturated rings. The molecule has 112 valence electrons. The van der Waals surface area contributed by atoms with Crippen molar-refractivity contribution in [1.82, 2.24) is 4.98 Å². The minimum Gasteiger partial charge on any atom is -0.385 e. The molecule has 2 unspecified atom stereocenters. The van der Waals surface area contributed by atoms with Crippen LogP contribution in [0.3, 0.4) is 0 Å². The molecule has 0 spiro atoms. The van der Waals surface area contributed by atoms with E-state index >= 15 is 0 Å². The lowest BCUT2D eigenvalue weighted by Crippen LogP contribution is -2.25. The third-order valence-corrected chi connectivity index (χ3v) is 5.21. The Morgan fingerprint density at radius 1 is 1.14 bits per heavy atom. The summed E-state index contributed by atoms with van der Waals surface area (Å²) in [7, 11) is 0. The zero-order valence-electron chi connectivity index (χ0n) is 13.0. The maximum Gasteiger partial charge on any atom is 0.0917 e. The lowest BCUT2D eigenvalue weighted by molar-refractivity contribution is 0.0203. The molecule has 1 aliphatic rings. The quantitative estimate of drug-likeness (QED) is 0.813. The fraction of sp³-hybridized carbons (Fsp3) is 0.526. The highest BCUT2D eigenvalue weighted by Gasteiger charge is 2.34. The van der Waals surface area contributed by atoms with Gasteiger partial charge in [-0.15, -0.1) is 0 Å². The Morgan fingerprint density at radius 2 is 1.95 bits per heavy atom. The molecule has 1 saturated carbocycles. The molecule has 0 saturated heterocycles. The molecule has 2 atom stereocenters. The standard InChI is InChI=1S/C19H25NO/c1-14(2)15-7-5-10-19(21,11-9-15)18-13-20-12-16-6-3-4-8-17(16)18/h3-4,6,8,12-15,21H,5,7,9-11H2,1-2H3. The first kappa shape index (κ1) is 14.5. The predicted molar refractivity (Wildman–Crippen MR) is 87.1 cm³/mol. The van der Waals surface area contributed by atoms with Crippen LogP contribution in [0.2, 0.25) is 0 Å². The SMILES string of the molecule is CC(C)C1CCCC(O)(c2cncc3ccccc23)CC1. The van der Waals surface area contributed by atoms with Crippen LogP contribution in [0.1, 0.15) is 51.5 Å². The number of hydrogen-bond acceptors (Lipinski definition) is 2. The molecule has 1 aromatic carbocycles. The largest absolute Gasteiger partial charge is 0.385 e. The molecule has 1 heterocycles. The van der Waals surface area contributed by atoms with Gasteiger partial charge in [0.1, 0.15) is 0 Å². The number of aliphatic hydroxyl groups is 1. The summed E-state index contributed by atoms with van der Waals surface area (Å²) in [5.74, 6) is 1.44. The number of aromatic nitrogens is 1. The van der Waals surface area contributed by atoms with Gasteiger partial charge in [0.2, 0.25) is 0 Å². The second-order valence-corrected chi connectivity index (χ2v) is 6.87. The summed E-state index contributed by atoms with van der Waals surface area (Å²) >= 11 is 0. The molecule has 2 heteroatoms. The average molecular weight is 283 g/mol. The van der Waals surface area contributed by atoms with E-state index in [0.717, 1.165) is 47.9 Å². The van der Waals surface area contributed by atoms with Gasteiger partial charge >= 0.3 is 0 Å². The number of hydrogen-bond donors (Lipinski definition) is 1. The van der Waals surface area contributed by atoms with Gasteiger partial charge in [0, 0.05) is 23.3 Å². The highest BCUT2D eigenvalue weighted by molar-refractivity contribution is 5.85. The van der Waals surface area contributed by atoms with Gasteiger partial charge in [-0.2, -0.15) is 0 Å². The van der Waals surface area contributed by atoms with Crippen LogP contribution in [-0.2, 0) is 5.60 Å². The summed E-state index contributed by atoms with van der Waals surface area (Å²) in [5, 5.41) is 13.5. The van der Waals surface area contributed by atoms with Crippen molar-refractivity contribution in [2.75, 3.05) is 0 Å². The molecule has 1 aliphatic carbocycles. The van der Waals surface area contributed by atoms with E-state index in [0.29, 0.717) is 5.92 Å². The minimum absolute atomic E-state index is 0.706. The monoisotopic (exact) mass is 283 g/mol. The van der Waals surface area contributed by atoms with Gasteiger partial charge in [-0.25, -0.2) is 0 Å². The molecule has 0 amide bonds. The Bertz CT molecular complexity index is 616. The molecular weight excluding hydrogens is 258 g/mol. The first-order valence-corrected chi connectivity index (χ1v) is 8.16. The first-order chi connectivity index (χ1) is 10.1. The van der Waals surface area contributed by atoms with E-state index < -0.39 is 5.60 Å². The summed E-state index contributed by atoms with van der Waals surface area (Å²) in [6, 6.07) is 8.25. The molecule has 0 radical (unpaired) electrons. The molecule has 0 aliphatic heterocycles. The Morgan fingerprint density at radius 3 is 2.76 bits per heavy atom. The second-order valence-electron chi connectivity index (χ2n) is 6.87. The van der Waals surface area contributed by atoms with Crippen LogP contribution in [0.15, 0.2) is 36.7 Å². The van der Waals surface area contributed by atoms with Crippen LogP contribution in [0.25, 0.3) is 10.8 Å². The van der Waals surface area contributed by atoms with Gasteiger partial charge < -0.3 is 5.11 Å². The van der Waals surface area contributed by atoms with Crippen molar-refractivity contribution >= 4 is 10.8 Å². The van der Waals surface area contributed by atoms with Gasteiger partial charge in [-0.1, -0.05) is 44.5 Å². The topological polar surface area (TPSA) is 33.1 Å². The smallest absolute Gasteiger partial charge is 0.0917 e. The van der Waals surface area contributed by atoms with E-state index in [9.17, 15) is 5.11 Å². The highest BCUT2D eigenvalue weighted by Crippen LogP contribution is 2.41. The Hall–Kier alpha value is -1.41. The maximum absolute atomic E-state index is 11.3. The molecule has 3 rings (SSSR count). The number of nitrogens with zero attached hydrogens (tertiary/aromatic N) is 1. The van der Waals surface area contributed by atoms with Crippen molar-refractivity contribution in [2.24, 2.45) is 11.8 Å². The van der Waals surface area contributed by atoms with E-state index in [1.807, 2.05) is 24.5 Å². The molecule has 1 aromatic heterocycles. The second kappa shape index (κ2) is 5.76. The van der Waals surface area contributed by atoms with Gasteiger partial charge in [-0.05, 0) is 42.9 Å². The summed E-state index contributed by atoms with van der Waals surface area (Å²) in [4.78, 5) is 4.36.